The lowest BCUT2D eigenvalue weighted by Crippen LogP contribution is -2.06. The molecule has 0 saturated carbocycles. The highest BCUT2D eigenvalue weighted by Crippen LogP contribution is 2.31. The van der Waals surface area contributed by atoms with Crippen molar-refractivity contribution < 1.29 is 4.74 Å². The van der Waals surface area contributed by atoms with Crippen LogP contribution in [0.1, 0.15) is 23.9 Å². The van der Waals surface area contributed by atoms with E-state index in [0.29, 0.717) is 11.6 Å². The Labute approximate surface area is 124 Å². The molecule has 0 atom stereocenters. The molecule has 0 aliphatic rings. The van der Waals surface area contributed by atoms with Crippen LogP contribution in [0.15, 0.2) is 18.2 Å². The van der Waals surface area contributed by atoms with Crippen molar-refractivity contribution in [1.82, 2.24) is 9.78 Å². The van der Waals surface area contributed by atoms with Crippen molar-refractivity contribution in [2.24, 2.45) is 7.05 Å². The van der Waals surface area contributed by atoms with Crippen molar-refractivity contribution in [2.45, 2.75) is 26.8 Å². The van der Waals surface area contributed by atoms with Gasteiger partial charge in [0.2, 0.25) is 0 Å². The zero-order valence-corrected chi connectivity index (χ0v) is 13.1. The Hall–Kier alpha value is -1.68. The largest absolute Gasteiger partial charge is 0.495 e. The zero-order chi connectivity index (χ0) is 14.7. The number of nitrogens with zero attached hydrogens (tertiary/aromatic N) is 2. The summed E-state index contributed by atoms with van der Waals surface area (Å²) in [4.78, 5) is 0. The molecule has 1 N–H and O–H groups in total. The van der Waals surface area contributed by atoms with Gasteiger partial charge in [-0.3, -0.25) is 4.68 Å². The van der Waals surface area contributed by atoms with Gasteiger partial charge < -0.3 is 10.1 Å². The van der Waals surface area contributed by atoms with Gasteiger partial charge in [-0.25, -0.2) is 0 Å². The van der Waals surface area contributed by atoms with Gasteiger partial charge in [-0.05, 0) is 31.0 Å². The van der Waals surface area contributed by atoms with Crippen LogP contribution in [0.4, 0.5) is 5.69 Å². The van der Waals surface area contributed by atoms with E-state index >= 15 is 0 Å². The molecule has 0 aliphatic heterocycles. The molecule has 2 aromatic rings. The van der Waals surface area contributed by atoms with Crippen molar-refractivity contribution in [3.63, 3.8) is 0 Å². The maximum atomic E-state index is 6.11. The fourth-order valence-corrected chi connectivity index (χ4v) is 2.22. The third kappa shape index (κ3) is 3.07. The molecule has 0 saturated heterocycles. The highest BCUT2D eigenvalue weighted by Gasteiger charge is 2.08. The van der Waals surface area contributed by atoms with Gasteiger partial charge >= 0.3 is 0 Å². The van der Waals surface area contributed by atoms with E-state index in [-0.39, 0.29) is 0 Å². The Bertz CT molecular complexity index is 607. The number of aryl methyl sites for hydroxylation is 3. The average Bonchev–Trinajstić information content (AvgIpc) is 2.80. The van der Waals surface area contributed by atoms with E-state index in [0.717, 1.165) is 34.8 Å². The lowest BCUT2D eigenvalue weighted by molar-refractivity contribution is 0.416. The Kier molecular flexibility index (Phi) is 4.55. The van der Waals surface area contributed by atoms with Crippen LogP contribution in [0.5, 0.6) is 5.75 Å². The van der Waals surface area contributed by atoms with Crippen molar-refractivity contribution in [3.8, 4) is 5.75 Å². The Balaban J connectivity index is 2.17. The van der Waals surface area contributed by atoms with Gasteiger partial charge in [0, 0.05) is 18.1 Å². The molecular formula is C15H20ClN3O. The molecule has 0 bridgehead atoms. The maximum Gasteiger partial charge on any atom is 0.143 e. The van der Waals surface area contributed by atoms with E-state index in [1.54, 1.807) is 7.11 Å². The summed E-state index contributed by atoms with van der Waals surface area (Å²) >= 11 is 6.11. The summed E-state index contributed by atoms with van der Waals surface area (Å²) in [7, 11) is 3.60. The standard InChI is InChI=1S/C15H20ClN3O/c1-5-11-7-12(19(3)18-11)9-17-14-6-10(2)13(16)8-15(14)20-4/h6-8,17H,5,9H2,1-4H3. The van der Waals surface area contributed by atoms with Gasteiger partial charge in [0.1, 0.15) is 5.75 Å². The number of halogens is 1. The number of hydrogen-bond acceptors (Lipinski definition) is 3. The first-order valence-corrected chi connectivity index (χ1v) is 7.02. The monoisotopic (exact) mass is 293 g/mol. The van der Waals surface area contributed by atoms with Gasteiger partial charge in [0.05, 0.1) is 30.7 Å². The van der Waals surface area contributed by atoms with E-state index < -0.39 is 0 Å². The van der Waals surface area contributed by atoms with Crippen LogP contribution in [0, 0.1) is 6.92 Å². The predicted molar refractivity (Wildman–Crippen MR) is 82.7 cm³/mol. The minimum absolute atomic E-state index is 0.695. The number of rotatable bonds is 5. The number of benzene rings is 1. The molecule has 108 valence electrons. The van der Waals surface area contributed by atoms with Crippen LogP contribution in [0.25, 0.3) is 0 Å². The van der Waals surface area contributed by atoms with Crippen molar-refractivity contribution in [2.75, 3.05) is 12.4 Å². The molecule has 1 aromatic carbocycles. The Morgan fingerprint density at radius 3 is 2.70 bits per heavy atom. The van der Waals surface area contributed by atoms with E-state index in [1.165, 1.54) is 0 Å². The van der Waals surface area contributed by atoms with Crippen LogP contribution in [0.3, 0.4) is 0 Å². The van der Waals surface area contributed by atoms with E-state index in [1.807, 2.05) is 30.8 Å². The number of anilines is 1. The molecule has 0 aliphatic carbocycles. The first kappa shape index (κ1) is 14.7. The Morgan fingerprint density at radius 2 is 2.10 bits per heavy atom. The molecule has 2 rings (SSSR count). The maximum absolute atomic E-state index is 6.11. The fraction of sp³-hybridized carbons (Fsp3) is 0.400. The molecule has 20 heavy (non-hydrogen) atoms. The summed E-state index contributed by atoms with van der Waals surface area (Å²) in [5, 5.41) is 8.53. The van der Waals surface area contributed by atoms with Gasteiger partial charge in [-0.2, -0.15) is 5.10 Å². The molecule has 0 amide bonds. The van der Waals surface area contributed by atoms with Gasteiger partial charge in [-0.1, -0.05) is 18.5 Å². The van der Waals surface area contributed by atoms with Crippen LogP contribution >= 0.6 is 11.6 Å². The predicted octanol–water partition coefficient (Wildman–Crippen LogP) is 3.57. The summed E-state index contributed by atoms with van der Waals surface area (Å²) in [6.45, 7) is 4.78. The molecular weight excluding hydrogens is 274 g/mol. The number of methoxy groups -OCH3 is 1. The third-order valence-electron chi connectivity index (χ3n) is 3.33. The van der Waals surface area contributed by atoms with Gasteiger partial charge in [0.25, 0.3) is 0 Å². The Morgan fingerprint density at radius 1 is 1.35 bits per heavy atom. The number of ether oxygens (including phenoxy) is 1. The molecule has 0 radical (unpaired) electrons. The topological polar surface area (TPSA) is 39.1 Å². The van der Waals surface area contributed by atoms with Crippen LogP contribution < -0.4 is 10.1 Å². The lowest BCUT2D eigenvalue weighted by Gasteiger charge is -2.13. The first-order valence-electron chi connectivity index (χ1n) is 6.65. The SMILES string of the molecule is CCc1cc(CNc2cc(C)c(Cl)cc2OC)n(C)n1. The number of nitrogens with one attached hydrogen (secondary N) is 1. The summed E-state index contributed by atoms with van der Waals surface area (Å²) in [6.07, 6.45) is 0.942. The minimum Gasteiger partial charge on any atom is -0.495 e. The minimum atomic E-state index is 0.695. The molecule has 1 heterocycles. The second-order valence-corrected chi connectivity index (χ2v) is 5.17. The van der Waals surface area contributed by atoms with Crippen molar-refractivity contribution in [3.05, 3.63) is 40.2 Å². The first-order chi connectivity index (χ1) is 9.55. The average molecular weight is 294 g/mol. The second-order valence-electron chi connectivity index (χ2n) is 4.76. The summed E-state index contributed by atoms with van der Waals surface area (Å²) < 4.78 is 7.26. The van der Waals surface area contributed by atoms with Crippen LogP contribution in [-0.2, 0) is 20.0 Å². The van der Waals surface area contributed by atoms with Gasteiger partial charge in [-0.15, -0.1) is 0 Å². The summed E-state index contributed by atoms with van der Waals surface area (Å²) in [6, 6.07) is 5.94. The molecule has 5 heteroatoms. The smallest absolute Gasteiger partial charge is 0.143 e. The lowest BCUT2D eigenvalue weighted by atomic mass is 10.2. The summed E-state index contributed by atoms with van der Waals surface area (Å²) in [5.41, 5.74) is 4.20. The molecule has 4 nitrogen and oxygen atoms in total. The van der Waals surface area contributed by atoms with Crippen LogP contribution in [-0.4, -0.2) is 16.9 Å². The highest BCUT2D eigenvalue weighted by atomic mass is 35.5. The highest BCUT2D eigenvalue weighted by molar-refractivity contribution is 6.31. The molecule has 0 spiro atoms. The quantitative estimate of drug-likeness (QED) is 0.916. The van der Waals surface area contributed by atoms with Crippen LogP contribution in [0.2, 0.25) is 5.02 Å². The molecule has 0 fully saturated rings. The van der Waals surface area contributed by atoms with Gasteiger partial charge in [0.15, 0.2) is 0 Å². The van der Waals surface area contributed by atoms with Crippen molar-refractivity contribution in [1.29, 1.82) is 0 Å². The normalized spacial score (nSPS) is 10.7. The van der Waals surface area contributed by atoms with E-state index in [9.17, 15) is 0 Å². The third-order valence-corrected chi connectivity index (χ3v) is 3.74. The number of aromatic nitrogens is 2. The van der Waals surface area contributed by atoms with E-state index in [4.69, 9.17) is 16.3 Å². The second kappa shape index (κ2) is 6.18. The number of hydrogen-bond donors (Lipinski definition) is 1. The van der Waals surface area contributed by atoms with E-state index in [2.05, 4.69) is 23.4 Å². The zero-order valence-electron chi connectivity index (χ0n) is 12.3. The fourth-order valence-electron chi connectivity index (χ4n) is 2.07. The molecule has 0 unspecified atom stereocenters. The summed E-state index contributed by atoms with van der Waals surface area (Å²) in [5.74, 6) is 0.749. The van der Waals surface area contributed by atoms with Crippen molar-refractivity contribution >= 4 is 17.3 Å². The molecule has 1 aromatic heterocycles.